The number of amides is 2. The Morgan fingerprint density at radius 2 is 1.79 bits per heavy atom. The fourth-order valence-corrected chi connectivity index (χ4v) is 5.81. The van der Waals surface area contributed by atoms with Crippen molar-refractivity contribution in [3.05, 3.63) is 47.3 Å². The molecular formula is C29H44N4O4Si. The Bertz CT molecular complexity index is 1190. The van der Waals surface area contributed by atoms with Crippen LogP contribution in [-0.4, -0.2) is 53.2 Å². The molecule has 1 aromatic heterocycles. The second kappa shape index (κ2) is 10.1. The lowest BCUT2D eigenvalue weighted by atomic mass is 9.94. The average molecular weight is 541 g/mol. The number of carbonyl (C=O) groups is 2. The van der Waals surface area contributed by atoms with Gasteiger partial charge in [-0.15, -0.1) is 0 Å². The molecule has 2 aromatic rings. The first-order valence-corrected chi connectivity index (χ1v) is 16.5. The first-order chi connectivity index (χ1) is 17.6. The minimum absolute atomic E-state index is 0.0556. The highest BCUT2D eigenvalue weighted by Gasteiger charge is 2.40. The van der Waals surface area contributed by atoms with E-state index in [0.29, 0.717) is 32.7 Å². The number of aromatic nitrogens is 2. The Hall–Kier alpha value is -2.65. The molecule has 38 heavy (non-hydrogen) atoms. The van der Waals surface area contributed by atoms with Crippen LogP contribution in [-0.2, 0) is 33.7 Å². The lowest BCUT2D eigenvalue weighted by Gasteiger charge is -2.36. The molecule has 0 aliphatic carbocycles. The van der Waals surface area contributed by atoms with Crippen LogP contribution in [0.25, 0.3) is 0 Å². The molecule has 1 saturated heterocycles. The van der Waals surface area contributed by atoms with Crippen molar-refractivity contribution in [2.75, 3.05) is 11.4 Å². The second-order valence-corrected chi connectivity index (χ2v) is 18.1. The predicted molar refractivity (Wildman–Crippen MR) is 152 cm³/mol. The summed E-state index contributed by atoms with van der Waals surface area (Å²) in [5.41, 5.74) is 3.41. The molecule has 2 amide bonds. The van der Waals surface area contributed by atoms with E-state index in [1.54, 1.807) is 11.1 Å². The van der Waals surface area contributed by atoms with E-state index in [4.69, 9.17) is 9.16 Å². The van der Waals surface area contributed by atoms with Gasteiger partial charge in [0.25, 0.3) is 0 Å². The standard InChI is InChI=1S/C29H44N4O4Si/c1-20-16-33-25(18-31(20)27(35)37-28(2,3)4)24(15-30-33)32-17-22(14-26(32)34)23-13-11-10-12-21(23)19-36-38(8,9)29(5,6)7/h10-13,15,20,22H,14,16-19H2,1-9H3/t20-,22?/m0/s1. The molecule has 0 bridgehead atoms. The fourth-order valence-electron chi connectivity index (χ4n) is 4.86. The van der Waals surface area contributed by atoms with Gasteiger partial charge in [-0.1, -0.05) is 45.0 Å². The van der Waals surface area contributed by atoms with E-state index in [1.165, 1.54) is 5.56 Å². The zero-order valence-electron chi connectivity index (χ0n) is 24.5. The third kappa shape index (κ3) is 5.83. The van der Waals surface area contributed by atoms with Crippen molar-refractivity contribution >= 4 is 26.0 Å². The van der Waals surface area contributed by atoms with Gasteiger partial charge in [0.2, 0.25) is 5.91 Å². The van der Waals surface area contributed by atoms with Gasteiger partial charge in [-0.05, 0) is 57.0 Å². The Balaban J connectivity index is 1.53. The molecule has 0 saturated carbocycles. The van der Waals surface area contributed by atoms with Crippen LogP contribution < -0.4 is 4.90 Å². The topological polar surface area (TPSA) is 76.9 Å². The molecule has 8 nitrogen and oxygen atoms in total. The molecule has 1 fully saturated rings. The molecule has 2 atom stereocenters. The van der Waals surface area contributed by atoms with Crippen LogP contribution in [0.1, 0.15) is 77.6 Å². The van der Waals surface area contributed by atoms with Crippen LogP contribution in [0, 0.1) is 0 Å². The van der Waals surface area contributed by atoms with Crippen molar-refractivity contribution in [3.8, 4) is 0 Å². The largest absolute Gasteiger partial charge is 0.444 e. The van der Waals surface area contributed by atoms with Crippen molar-refractivity contribution in [2.24, 2.45) is 0 Å². The summed E-state index contributed by atoms with van der Waals surface area (Å²) in [6.45, 7) is 20.9. The van der Waals surface area contributed by atoms with E-state index in [1.807, 2.05) is 49.4 Å². The van der Waals surface area contributed by atoms with Crippen LogP contribution in [0.5, 0.6) is 0 Å². The molecular weight excluding hydrogens is 496 g/mol. The minimum atomic E-state index is -1.90. The van der Waals surface area contributed by atoms with Gasteiger partial charge >= 0.3 is 6.09 Å². The summed E-state index contributed by atoms with van der Waals surface area (Å²) in [6, 6.07) is 8.28. The van der Waals surface area contributed by atoms with Gasteiger partial charge in [0, 0.05) is 18.9 Å². The fraction of sp³-hybridized carbons (Fsp3) is 0.621. The third-order valence-corrected chi connectivity index (χ3v) is 12.6. The monoisotopic (exact) mass is 540 g/mol. The number of nitrogens with zero attached hydrogens (tertiary/aromatic N) is 4. The molecule has 4 rings (SSSR count). The number of anilines is 1. The van der Waals surface area contributed by atoms with Gasteiger partial charge in [-0.3, -0.25) is 14.4 Å². The maximum atomic E-state index is 13.3. The average Bonchev–Trinajstić information content (AvgIpc) is 3.37. The van der Waals surface area contributed by atoms with Crippen molar-refractivity contribution in [1.82, 2.24) is 14.7 Å². The molecule has 0 spiro atoms. The van der Waals surface area contributed by atoms with Gasteiger partial charge < -0.3 is 14.1 Å². The normalized spacial score (nSPS) is 20.6. The van der Waals surface area contributed by atoms with E-state index >= 15 is 0 Å². The summed E-state index contributed by atoms with van der Waals surface area (Å²) in [5, 5.41) is 4.71. The van der Waals surface area contributed by atoms with E-state index in [-0.39, 0.29) is 29.0 Å². The molecule has 9 heteroatoms. The Morgan fingerprint density at radius 3 is 2.45 bits per heavy atom. The minimum Gasteiger partial charge on any atom is -0.444 e. The van der Waals surface area contributed by atoms with Crippen molar-refractivity contribution in [1.29, 1.82) is 0 Å². The van der Waals surface area contributed by atoms with Crippen LogP contribution >= 0.6 is 0 Å². The maximum Gasteiger partial charge on any atom is 0.410 e. The van der Waals surface area contributed by atoms with Crippen molar-refractivity contribution in [2.45, 2.75) is 110 Å². The SMILES string of the molecule is C[C@H]1Cn2ncc(N3CC(c4ccccc4CO[Si](C)(C)C(C)(C)C)CC3=O)c2CN1C(=O)OC(C)(C)C. The lowest BCUT2D eigenvalue weighted by molar-refractivity contribution is -0.117. The first-order valence-electron chi connectivity index (χ1n) is 13.6. The molecule has 0 radical (unpaired) electrons. The molecule has 2 aliphatic rings. The summed E-state index contributed by atoms with van der Waals surface area (Å²) in [5.74, 6) is 0.148. The van der Waals surface area contributed by atoms with Gasteiger partial charge in [0.05, 0.1) is 43.3 Å². The van der Waals surface area contributed by atoms with Gasteiger partial charge in [0.1, 0.15) is 5.60 Å². The highest BCUT2D eigenvalue weighted by atomic mass is 28.4. The maximum absolute atomic E-state index is 13.3. The molecule has 1 unspecified atom stereocenters. The second-order valence-electron chi connectivity index (χ2n) is 13.3. The number of rotatable bonds is 5. The van der Waals surface area contributed by atoms with Crippen LogP contribution in [0.15, 0.2) is 30.5 Å². The zero-order chi connectivity index (χ0) is 28.0. The molecule has 1 aromatic carbocycles. The number of hydrogen-bond donors (Lipinski definition) is 0. The highest BCUT2D eigenvalue weighted by Crippen LogP contribution is 2.39. The van der Waals surface area contributed by atoms with Crippen LogP contribution in [0.3, 0.4) is 0 Å². The van der Waals surface area contributed by atoms with Crippen LogP contribution in [0.2, 0.25) is 18.1 Å². The first kappa shape index (κ1) is 28.4. The smallest absolute Gasteiger partial charge is 0.410 e. The predicted octanol–water partition coefficient (Wildman–Crippen LogP) is 6.06. The molecule has 3 heterocycles. The van der Waals surface area contributed by atoms with Gasteiger partial charge in [0.15, 0.2) is 8.32 Å². The molecule has 208 valence electrons. The van der Waals surface area contributed by atoms with Crippen LogP contribution in [0.4, 0.5) is 10.5 Å². The lowest BCUT2D eigenvalue weighted by Crippen LogP contribution is -2.47. The molecule has 2 aliphatic heterocycles. The van der Waals surface area contributed by atoms with E-state index < -0.39 is 13.9 Å². The third-order valence-electron chi connectivity index (χ3n) is 8.15. The number of benzene rings is 1. The summed E-state index contributed by atoms with van der Waals surface area (Å²) < 4.78 is 14.1. The number of hydrogen-bond acceptors (Lipinski definition) is 5. The molecule has 0 N–H and O–H groups in total. The number of ether oxygens (including phenoxy) is 1. The van der Waals surface area contributed by atoms with E-state index in [2.05, 4.69) is 51.1 Å². The van der Waals surface area contributed by atoms with Gasteiger partial charge in [-0.25, -0.2) is 4.79 Å². The summed E-state index contributed by atoms with van der Waals surface area (Å²) >= 11 is 0. The Morgan fingerprint density at radius 1 is 1.11 bits per heavy atom. The van der Waals surface area contributed by atoms with E-state index in [0.717, 1.165) is 16.9 Å². The number of fused-ring (bicyclic) bond motifs is 1. The summed E-state index contributed by atoms with van der Waals surface area (Å²) in [7, 11) is -1.90. The van der Waals surface area contributed by atoms with Crippen molar-refractivity contribution < 1.29 is 18.8 Å². The summed E-state index contributed by atoms with van der Waals surface area (Å²) in [4.78, 5) is 29.8. The summed E-state index contributed by atoms with van der Waals surface area (Å²) in [6.07, 6.45) is 1.87. The van der Waals surface area contributed by atoms with Gasteiger partial charge in [-0.2, -0.15) is 5.10 Å². The highest BCUT2D eigenvalue weighted by molar-refractivity contribution is 6.74. The van der Waals surface area contributed by atoms with Crippen molar-refractivity contribution in [3.63, 3.8) is 0 Å². The quantitative estimate of drug-likeness (QED) is 0.431. The zero-order valence-corrected chi connectivity index (χ0v) is 25.5. The van der Waals surface area contributed by atoms with E-state index in [9.17, 15) is 9.59 Å². The Labute approximate surface area is 228 Å². The Kier molecular flexibility index (Phi) is 7.57. The number of carbonyl (C=O) groups excluding carboxylic acids is 2.